The van der Waals surface area contributed by atoms with E-state index in [0.717, 1.165) is 16.9 Å². The van der Waals surface area contributed by atoms with Crippen LogP contribution in [0.5, 0.6) is 5.75 Å². The van der Waals surface area contributed by atoms with Gasteiger partial charge in [0.15, 0.2) is 0 Å². The van der Waals surface area contributed by atoms with E-state index in [1.165, 1.54) is 11.3 Å². The summed E-state index contributed by atoms with van der Waals surface area (Å²) in [7, 11) is 1.61. The van der Waals surface area contributed by atoms with Crippen molar-refractivity contribution >= 4 is 17.4 Å². The smallest absolute Gasteiger partial charge is 0.315 e. The van der Waals surface area contributed by atoms with Gasteiger partial charge < -0.3 is 20.5 Å². The van der Waals surface area contributed by atoms with Gasteiger partial charge in [-0.05, 0) is 40.1 Å². The number of benzene rings is 1. The summed E-state index contributed by atoms with van der Waals surface area (Å²) in [6.45, 7) is 0.607. The lowest BCUT2D eigenvalue weighted by Crippen LogP contribution is -2.37. The lowest BCUT2D eigenvalue weighted by Gasteiger charge is -2.11. The highest BCUT2D eigenvalue weighted by Crippen LogP contribution is 2.15. The number of carbonyl (C=O) groups excluding carboxylic acids is 1. The molecule has 1 aromatic carbocycles. The lowest BCUT2D eigenvalue weighted by molar-refractivity contribution is 0.173. The molecule has 0 spiro atoms. The molecule has 21 heavy (non-hydrogen) atoms. The standard InChI is InChI=1S/C15H18N2O3S/c1-20-13-4-2-11(3-5-13)8-16-15(19)17-9-14(18)12-6-7-21-10-12/h2-7,10,14,18H,8-9H2,1H3,(H2,16,17,19). The first kappa shape index (κ1) is 15.3. The van der Waals surface area contributed by atoms with Crippen molar-refractivity contribution in [2.45, 2.75) is 12.6 Å². The number of aliphatic hydroxyl groups excluding tert-OH is 1. The molecule has 0 radical (unpaired) electrons. The molecule has 0 aliphatic rings. The fourth-order valence-corrected chi connectivity index (χ4v) is 2.47. The number of ether oxygens (including phenoxy) is 1. The first-order valence-corrected chi connectivity index (χ1v) is 7.48. The van der Waals surface area contributed by atoms with E-state index in [1.807, 2.05) is 41.1 Å². The van der Waals surface area contributed by atoms with Crippen LogP contribution in [0.25, 0.3) is 0 Å². The Morgan fingerprint density at radius 2 is 2.05 bits per heavy atom. The molecule has 1 heterocycles. The summed E-state index contributed by atoms with van der Waals surface area (Å²) in [5, 5.41) is 19.0. The number of hydrogen-bond acceptors (Lipinski definition) is 4. The maximum Gasteiger partial charge on any atom is 0.315 e. The molecule has 0 saturated carbocycles. The van der Waals surface area contributed by atoms with Gasteiger partial charge in [-0.15, -0.1) is 0 Å². The van der Waals surface area contributed by atoms with Gasteiger partial charge in [-0.1, -0.05) is 12.1 Å². The first-order valence-electron chi connectivity index (χ1n) is 6.54. The zero-order valence-corrected chi connectivity index (χ0v) is 12.5. The molecule has 0 bridgehead atoms. The van der Waals surface area contributed by atoms with Crippen LogP contribution in [0.3, 0.4) is 0 Å². The van der Waals surface area contributed by atoms with Crippen molar-refractivity contribution in [3.63, 3.8) is 0 Å². The van der Waals surface area contributed by atoms with Crippen molar-refractivity contribution in [1.29, 1.82) is 0 Å². The summed E-state index contributed by atoms with van der Waals surface area (Å²) in [6, 6.07) is 9.00. The van der Waals surface area contributed by atoms with Crippen LogP contribution in [-0.2, 0) is 6.54 Å². The highest BCUT2D eigenvalue weighted by atomic mass is 32.1. The Morgan fingerprint density at radius 1 is 1.29 bits per heavy atom. The largest absolute Gasteiger partial charge is 0.497 e. The molecule has 3 N–H and O–H groups in total. The monoisotopic (exact) mass is 306 g/mol. The van der Waals surface area contributed by atoms with Crippen molar-refractivity contribution in [1.82, 2.24) is 10.6 Å². The average molecular weight is 306 g/mol. The van der Waals surface area contributed by atoms with E-state index in [1.54, 1.807) is 7.11 Å². The van der Waals surface area contributed by atoms with Crippen LogP contribution in [0.4, 0.5) is 4.79 Å². The van der Waals surface area contributed by atoms with Crippen LogP contribution in [0, 0.1) is 0 Å². The third-order valence-corrected chi connectivity index (χ3v) is 3.70. The van der Waals surface area contributed by atoms with Crippen LogP contribution in [0.1, 0.15) is 17.2 Å². The Labute approximate surface area is 127 Å². The average Bonchev–Trinajstić information content (AvgIpc) is 3.05. The van der Waals surface area contributed by atoms with Gasteiger partial charge >= 0.3 is 6.03 Å². The van der Waals surface area contributed by atoms with Crippen molar-refractivity contribution < 1.29 is 14.6 Å². The summed E-state index contributed by atoms with van der Waals surface area (Å²) < 4.78 is 5.07. The molecule has 0 saturated heterocycles. The van der Waals surface area contributed by atoms with Crippen LogP contribution in [-0.4, -0.2) is 24.8 Å². The van der Waals surface area contributed by atoms with Gasteiger partial charge in [0.1, 0.15) is 5.75 Å². The molecule has 112 valence electrons. The van der Waals surface area contributed by atoms with Crippen LogP contribution < -0.4 is 15.4 Å². The minimum absolute atomic E-state index is 0.186. The van der Waals surface area contributed by atoms with Crippen LogP contribution in [0.2, 0.25) is 0 Å². The lowest BCUT2D eigenvalue weighted by atomic mass is 10.2. The number of carbonyl (C=O) groups is 1. The molecule has 1 aromatic heterocycles. The number of aliphatic hydroxyl groups is 1. The van der Waals surface area contributed by atoms with Gasteiger partial charge in [-0.25, -0.2) is 4.79 Å². The van der Waals surface area contributed by atoms with E-state index in [4.69, 9.17) is 4.74 Å². The summed E-state index contributed by atoms with van der Waals surface area (Å²) in [6.07, 6.45) is -0.678. The summed E-state index contributed by atoms with van der Waals surface area (Å²) in [5.41, 5.74) is 1.79. The van der Waals surface area contributed by atoms with Crippen molar-refractivity contribution in [2.75, 3.05) is 13.7 Å². The van der Waals surface area contributed by atoms with Crippen LogP contribution in [0.15, 0.2) is 41.1 Å². The fraction of sp³-hybridized carbons (Fsp3) is 0.267. The van der Waals surface area contributed by atoms with Crippen molar-refractivity contribution in [3.05, 3.63) is 52.2 Å². The minimum atomic E-state index is -0.678. The molecule has 5 nitrogen and oxygen atoms in total. The molecule has 2 aromatic rings. The predicted octanol–water partition coefficient (Wildman–Crippen LogP) is 2.29. The van der Waals surface area contributed by atoms with E-state index in [0.29, 0.717) is 6.54 Å². The number of nitrogens with one attached hydrogen (secondary N) is 2. The van der Waals surface area contributed by atoms with Crippen molar-refractivity contribution in [3.8, 4) is 5.75 Å². The Morgan fingerprint density at radius 3 is 2.67 bits per heavy atom. The molecular formula is C15H18N2O3S. The highest BCUT2D eigenvalue weighted by molar-refractivity contribution is 7.07. The Hall–Kier alpha value is -2.05. The van der Waals surface area contributed by atoms with E-state index >= 15 is 0 Å². The van der Waals surface area contributed by atoms with E-state index in [2.05, 4.69) is 10.6 Å². The summed E-state index contributed by atoms with van der Waals surface area (Å²) in [5.74, 6) is 0.780. The first-order chi connectivity index (χ1) is 10.2. The maximum atomic E-state index is 11.7. The Bertz CT molecular complexity index is 555. The molecule has 6 heteroatoms. The highest BCUT2D eigenvalue weighted by Gasteiger charge is 2.09. The second-order valence-corrected chi connectivity index (χ2v) is 5.26. The molecule has 0 fully saturated rings. The van der Waals surface area contributed by atoms with Gasteiger partial charge in [0.2, 0.25) is 0 Å². The third-order valence-electron chi connectivity index (χ3n) is 3.00. The number of rotatable bonds is 6. The number of hydrogen-bond donors (Lipinski definition) is 3. The topological polar surface area (TPSA) is 70.6 Å². The van der Waals surface area contributed by atoms with Crippen LogP contribution >= 0.6 is 11.3 Å². The quantitative estimate of drug-likeness (QED) is 0.767. The van der Waals surface area contributed by atoms with E-state index in [-0.39, 0.29) is 12.6 Å². The normalized spacial score (nSPS) is 11.7. The number of urea groups is 1. The van der Waals surface area contributed by atoms with Gasteiger partial charge in [-0.2, -0.15) is 11.3 Å². The summed E-state index contributed by atoms with van der Waals surface area (Å²) in [4.78, 5) is 11.7. The molecule has 1 atom stereocenters. The van der Waals surface area contributed by atoms with Gasteiger partial charge in [-0.3, -0.25) is 0 Å². The number of amides is 2. The fourth-order valence-electron chi connectivity index (χ4n) is 1.76. The molecule has 0 aliphatic heterocycles. The SMILES string of the molecule is COc1ccc(CNC(=O)NCC(O)c2ccsc2)cc1. The van der Waals surface area contributed by atoms with Crippen molar-refractivity contribution in [2.24, 2.45) is 0 Å². The second-order valence-electron chi connectivity index (χ2n) is 4.48. The van der Waals surface area contributed by atoms with Gasteiger partial charge in [0.25, 0.3) is 0 Å². The van der Waals surface area contributed by atoms with E-state index < -0.39 is 6.10 Å². The molecule has 2 rings (SSSR count). The Kier molecular flexibility index (Phi) is 5.59. The molecule has 2 amide bonds. The second kappa shape index (κ2) is 7.66. The zero-order chi connectivity index (χ0) is 15.1. The van der Waals surface area contributed by atoms with Gasteiger partial charge in [0, 0.05) is 13.1 Å². The Balaban J connectivity index is 1.71. The maximum absolute atomic E-state index is 11.7. The predicted molar refractivity (Wildman–Crippen MR) is 82.5 cm³/mol. The van der Waals surface area contributed by atoms with E-state index in [9.17, 15) is 9.90 Å². The molecule has 0 aliphatic carbocycles. The third kappa shape index (κ3) is 4.77. The minimum Gasteiger partial charge on any atom is -0.497 e. The number of thiophene rings is 1. The zero-order valence-electron chi connectivity index (χ0n) is 11.7. The number of methoxy groups -OCH3 is 1. The summed E-state index contributed by atoms with van der Waals surface area (Å²) >= 11 is 1.51. The molecular weight excluding hydrogens is 288 g/mol. The molecule has 1 unspecified atom stereocenters. The van der Waals surface area contributed by atoms with Gasteiger partial charge in [0.05, 0.1) is 13.2 Å².